The average molecular weight is 358 g/mol. The molecule has 0 bridgehead atoms. The smallest absolute Gasteiger partial charge is 0.122 e. The number of rotatable bonds is 10. The largest absolute Gasteiger partial charge is 0.496 e. The molecule has 0 amide bonds. The first-order valence-electron chi connectivity index (χ1n) is 7.69. The van der Waals surface area contributed by atoms with Crippen molar-refractivity contribution in [1.82, 2.24) is 5.32 Å². The van der Waals surface area contributed by atoms with Crippen molar-refractivity contribution < 1.29 is 9.47 Å². The molecule has 3 nitrogen and oxygen atoms in total. The summed E-state index contributed by atoms with van der Waals surface area (Å²) in [4.78, 5) is 0. The van der Waals surface area contributed by atoms with Crippen LogP contribution in [0.3, 0.4) is 0 Å². The van der Waals surface area contributed by atoms with E-state index in [1.807, 2.05) is 12.1 Å². The van der Waals surface area contributed by atoms with Crippen LogP contribution in [0.1, 0.15) is 38.7 Å². The van der Waals surface area contributed by atoms with E-state index in [2.05, 4.69) is 41.2 Å². The molecule has 0 aromatic heterocycles. The Morgan fingerprint density at radius 1 is 1.24 bits per heavy atom. The fourth-order valence-electron chi connectivity index (χ4n) is 2.35. The van der Waals surface area contributed by atoms with E-state index in [0.29, 0.717) is 12.1 Å². The normalized spacial score (nSPS) is 14.0. The standard InChI is InChI=1S/C17H28BrNO2/c1-5-10-19-16(8-6-13(2)20-3)12-14-11-15(18)7-9-17(14)21-4/h7,9,11,13,16,19H,5-6,8,10,12H2,1-4H3. The van der Waals surface area contributed by atoms with Crippen LogP contribution >= 0.6 is 15.9 Å². The Morgan fingerprint density at radius 3 is 2.62 bits per heavy atom. The van der Waals surface area contributed by atoms with E-state index >= 15 is 0 Å². The van der Waals surface area contributed by atoms with Gasteiger partial charge in [0, 0.05) is 17.6 Å². The minimum absolute atomic E-state index is 0.306. The maximum absolute atomic E-state index is 5.48. The molecule has 2 unspecified atom stereocenters. The molecule has 0 radical (unpaired) electrons. The molecule has 0 heterocycles. The lowest BCUT2D eigenvalue weighted by Crippen LogP contribution is -2.32. The third kappa shape index (κ3) is 6.81. The fraction of sp³-hybridized carbons (Fsp3) is 0.647. The number of nitrogens with one attached hydrogen (secondary N) is 1. The Bertz CT molecular complexity index is 412. The van der Waals surface area contributed by atoms with Crippen LogP contribution in [-0.2, 0) is 11.2 Å². The number of benzene rings is 1. The zero-order valence-corrected chi connectivity index (χ0v) is 15.2. The number of halogens is 1. The quantitative estimate of drug-likeness (QED) is 0.681. The van der Waals surface area contributed by atoms with Crippen molar-refractivity contribution in [1.29, 1.82) is 0 Å². The van der Waals surface area contributed by atoms with Gasteiger partial charge in [0.2, 0.25) is 0 Å². The van der Waals surface area contributed by atoms with Crippen molar-refractivity contribution in [3.05, 3.63) is 28.2 Å². The highest BCUT2D eigenvalue weighted by atomic mass is 79.9. The molecule has 2 atom stereocenters. The van der Waals surface area contributed by atoms with E-state index in [1.165, 1.54) is 5.56 Å². The van der Waals surface area contributed by atoms with Crippen LogP contribution < -0.4 is 10.1 Å². The van der Waals surface area contributed by atoms with Crippen molar-refractivity contribution in [2.75, 3.05) is 20.8 Å². The summed E-state index contributed by atoms with van der Waals surface area (Å²) in [6, 6.07) is 6.64. The van der Waals surface area contributed by atoms with Crippen LogP contribution in [-0.4, -0.2) is 32.9 Å². The van der Waals surface area contributed by atoms with Crippen LogP contribution in [0.15, 0.2) is 22.7 Å². The van der Waals surface area contributed by atoms with Crippen LogP contribution in [0.25, 0.3) is 0 Å². The summed E-state index contributed by atoms with van der Waals surface area (Å²) in [5.41, 5.74) is 1.24. The van der Waals surface area contributed by atoms with E-state index < -0.39 is 0 Å². The van der Waals surface area contributed by atoms with Gasteiger partial charge < -0.3 is 14.8 Å². The molecule has 0 aliphatic rings. The lowest BCUT2D eigenvalue weighted by Gasteiger charge is -2.21. The molecule has 0 saturated carbocycles. The van der Waals surface area contributed by atoms with Crippen molar-refractivity contribution in [3.8, 4) is 5.75 Å². The summed E-state index contributed by atoms with van der Waals surface area (Å²) in [7, 11) is 3.50. The molecule has 0 fully saturated rings. The van der Waals surface area contributed by atoms with Gasteiger partial charge in [0.15, 0.2) is 0 Å². The van der Waals surface area contributed by atoms with Gasteiger partial charge in [-0.15, -0.1) is 0 Å². The zero-order valence-electron chi connectivity index (χ0n) is 13.6. The molecule has 1 rings (SSSR count). The highest BCUT2D eigenvalue weighted by Gasteiger charge is 2.14. The Morgan fingerprint density at radius 2 is 2.00 bits per heavy atom. The predicted molar refractivity (Wildman–Crippen MR) is 92.2 cm³/mol. The highest BCUT2D eigenvalue weighted by Crippen LogP contribution is 2.25. The number of ether oxygens (including phenoxy) is 2. The summed E-state index contributed by atoms with van der Waals surface area (Å²) in [6.45, 7) is 5.36. The van der Waals surface area contributed by atoms with Gasteiger partial charge in [-0.25, -0.2) is 0 Å². The highest BCUT2D eigenvalue weighted by molar-refractivity contribution is 9.10. The van der Waals surface area contributed by atoms with Crippen molar-refractivity contribution in [2.45, 2.75) is 51.7 Å². The molecule has 4 heteroatoms. The fourth-order valence-corrected chi connectivity index (χ4v) is 2.76. The second-order valence-electron chi connectivity index (χ2n) is 5.44. The first-order chi connectivity index (χ1) is 10.1. The molecular weight excluding hydrogens is 330 g/mol. The second kappa shape index (κ2) is 10.2. The molecule has 120 valence electrons. The number of hydrogen-bond acceptors (Lipinski definition) is 3. The maximum atomic E-state index is 5.48. The molecule has 0 saturated heterocycles. The number of hydrogen-bond donors (Lipinski definition) is 1. The molecule has 21 heavy (non-hydrogen) atoms. The van der Waals surface area contributed by atoms with Gasteiger partial charge in [0.05, 0.1) is 13.2 Å². The molecule has 0 spiro atoms. The molecular formula is C17H28BrNO2. The third-order valence-corrected chi connectivity index (χ3v) is 4.21. The van der Waals surface area contributed by atoms with Gasteiger partial charge in [0.1, 0.15) is 5.75 Å². The molecule has 1 aromatic carbocycles. The van der Waals surface area contributed by atoms with Crippen molar-refractivity contribution >= 4 is 15.9 Å². The Labute approximate surface area is 137 Å². The average Bonchev–Trinajstić information content (AvgIpc) is 2.49. The second-order valence-corrected chi connectivity index (χ2v) is 6.35. The van der Waals surface area contributed by atoms with E-state index in [4.69, 9.17) is 9.47 Å². The molecule has 1 aromatic rings. The zero-order chi connectivity index (χ0) is 15.7. The Balaban J connectivity index is 2.72. The summed E-state index contributed by atoms with van der Waals surface area (Å²) >= 11 is 3.55. The topological polar surface area (TPSA) is 30.5 Å². The van der Waals surface area contributed by atoms with Gasteiger partial charge in [0.25, 0.3) is 0 Å². The third-order valence-electron chi connectivity index (χ3n) is 3.72. The minimum atomic E-state index is 0.306. The summed E-state index contributed by atoms with van der Waals surface area (Å²) < 4.78 is 11.9. The van der Waals surface area contributed by atoms with Crippen molar-refractivity contribution in [2.24, 2.45) is 0 Å². The summed E-state index contributed by atoms with van der Waals surface area (Å²) in [6.07, 6.45) is 4.59. The van der Waals surface area contributed by atoms with E-state index in [-0.39, 0.29) is 0 Å². The summed E-state index contributed by atoms with van der Waals surface area (Å²) in [5.74, 6) is 0.960. The monoisotopic (exact) mass is 357 g/mol. The van der Waals surface area contributed by atoms with E-state index in [0.717, 1.165) is 42.5 Å². The van der Waals surface area contributed by atoms with Crippen LogP contribution in [0.5, 0.6) is 5.75 Å². The lowest BCUT2D eigenvalue weighted by molar-refractivity contribution is 0.106. The van der Waals surface area contributed by atoms with Gasteiger partial charge in [-0.05, 0) is 62.9 Å². The molecule has 0 aliphatic carbocycles. The van der Waals surface area contributed by atoms with Crippen LogP contribution in [0, 0.1) is 0 Å². The molecule has 1 N–H and O–H groups in total. The Kier molecular flexibility index (Phi) is 8.97. The van der Waals surface area contributed by atoms with Crippen LogP contribution in [0.4, 0.5) is 0 Å². The SMILES string of the molecule is CCCNC(CCC(C)OC)Cc1cc(Br)ccc1OC. The van der Waals surface area contributed by atoms with Gasteiger partial charge in [-0.1, -0.05) is 22.9 Å². The van der Waals surface area contributed by atoms with E-state index in [9.17, 15) is 0 Å². The minimum Gasteiger partial charge on any atom is -0.496 e. The van der Waals surface area contributed by atoms with E-state index in [1.54, 1.807) is 14.2 Å². The predicted octanol–water partition coefficient (Wildman–Crippen LogP) is 4.18. The summed E-state index contributed by atoms with van der Waals surface area (Å²) in [5, 5.41) is 3.64. The van der Waals surface area contributed by atoms with Gasteiger partial charge in [-0.3, -0.25) is 0 Å². The first-order valence-corrected chi connectivity index (χ1v) is 8.48. The Hall–Kier alpha value is -0.580. The van der Waals surface area contributed by atoms with Gasteiger partial charge >= 0.3 is 0 Å². The van der Waals surface area contributed by atoms with Crippen molar-refractivity contribution in [3.63, 3.8) is 0 Å². The maximum Gasteiger partial charge on any atom is 0.122 e. The molecule has 0 aliphatic heterocycles. The van der Waals surface area contributed by atoms with Crippen LogP contribution in [0.2, 0.25) is 0 Å². The van der Waals surface area contributed by atoms with Gasteiger partial charge in [-0.2, -0.15) is 0 Å². The lowest BCUT2D eigenvalue weighted by atomic mass is 9.99. The first kappa shape index (κ1) is 18.5. The number of methoxy groups -OCH3 is 2.